The highest BCUT2D eigenvalue weighted by Gasteiger charge is 2.32. The first kappa shape index (κ1) is 22.2. The Hall–Kier alpha value is -3.60. The van der Waals surface area contributed by atoms with Crippen molar-refractivity contribution in [3.63, 3.8) is 0 Å². The molecule has 5 heteroatoms. The standard InChI is InChI=1S/C29H30N2O3/c1-2-24(20-9-4-3-5-10-20)29(33)30-23-15-16-27-22(17-23)18-31(28(32)19-34-27)26-14-8-12-21-11-6-7-13-25(21)26/h3-7,9-11,13,15-17,24,26H,2,8,12,14,18-19H2,1H3,(H,30,33). The highest BCUT2D eigenvalue weighted by molar-refractivity contribution is 5.96. The van der Waals surface area contributed by atoms with Crippen molar-refractivity contribution in [2.24, 2.45) is 0 Å². The van der Waals surface area contributed by atoms with E-state index in [4.69, 9.17) is 4.74 Å². The molecule has 2 atom stereocenters. The van der Waals surface area contributed by atoms with Crippen molar-refractivity contribution in [2.45, 2.75) is 51.1 Å². The van der Waals surface area contributed by atoms with Crippen LogP contribution in [0.3, 0.4) is 0 Å². The van der Waals surface area contributed by atoms with Gasteiger partial charge in [0.25, 0.3) is 5.91 Å². The predicted molar refractivity (Wildman–Crippen MR) is 133 cm³/mol. The molecular formula is C29H30N2O3. The molecule has 1 N–H and O–H groups in total. The molecule has 1 aliphatic heterocycles. The lowest BCUT2D eigenvalue weighted by Gasteiger charge is -2.35. The number of nitrogens with zero attached hydrogens (tertiary/aromatic N) is 1. The van der Waals surface area contributed by atoms with Crippen LogP contribution in [0.25, 0.3) is 0 Å². The maximum Gasteiger partial charge on any atom is 0.261 e. The number of carbonyl (C=O) groups excluding carboxylic acids is 2. The van der Waals surface area contributed by atoms with Crippen LogP contribution in [0.2, 0.25) is 0 Å². The molecule has 3 aromatic rings. The molecule has 2 unspecified atom stereocenters. The third-order valence-electron chi connectivity index (χ3n) is 6.98. The number of hydrogen-bond acceptors (Lipinski definition) is 3. The monoisotopic (exact) mass is 454 g/mol. The van der Waals surface area contributed by atoms with E-state index in [0.717, 1.165) is 36.1 Å². The minimum Gasteiger partial charge on any atom is -0.483 e. The molecule has 1 aliphatic carbocycles. The molecule has 3 aromatic carbocycles. The number of nitrogens with one attached hydrogen (secondary N) is 1. The molecule has 0 saturated carbocycles. The summed E-state index contributed by atoms with van der Waals surface area (Å²) in [4.78, 5) is 28.1. The second-order valence-electron chi connectivity index (χ2n) is 9.10. The second-order valence-corrected chi connectivity index (χ2v) is 9.10. The summed E-state index contributed by atoms with van der Waals surface area (Å²) in [6.45, 7) is 2.52. The highest BCUT2D eigenvalue weighted by Crippen LogP contribution is 2.38. The van der Waals surface area contributed by atoms with E-state index < -0.39 is 0 Å². The molecule has 174 valence electrons. The van der Waals surface area contributed by atoms with Gasteiger partial charge in [-0.3, -0.25) is 9.59 Å². The normalized spacial score (nSPS) is 18.2. The van der Waals surface area contributed by atoms with Crippen LogP contribution >= 0.6 is 0 Å². The van der Waals surface area contributed by atoms with Crippen LogP contribution < -0.4 is 10.1 Å². The fourth-order valence-electron chi connectivity index (χ4n) is 5.24. The topological polar surface area (TPSA) is 58.6 Å². The van der Waals surface area contributed by atoms with Gasteiger partial charge in [0.15, 0.2) is 6.61 Å². The number of ether oxygens (including phenoxy) is 1. The van der Waals surface area contributed by atoms with E-state index >= 15 is 0 Å². The lowest BCUT2D eigenvalue weighted by atomic mass is 9.86. The predicted octanol–water partition coefficient (Wildman–Crippen LogP) is 5.62. The van der Waals surface area contributed by atoms with Crippen LogP contribution in [-0.4, -0.2) is 23.3 Å². The fourth-order valence-corrected chi connectivity index (χ4v) is 5.24. The van der Waals surface area contributed by atoms with E-state index in [9.17, 15) is 9.59 Å². The smallest absolute Gasteiger partial charge is 0.261 e. The first-order valence-electron chi connectivity index (χ1n) is 12.1. The van der Waals surface area contributed by atoms with Crippen molar-refractivity contribution in [1.29, 1.82) is 0 Å². The Kier molecular flexibility index (Phi) is 6.35. The molecule has 2 aliphatic rings. The van der Waals surface area contributed by atoms with Gasteiger partial charge in [-0.15, -0.1) is 0 Å². The fraction of sp³-hybridized carbons (Fsp3) is 0.310. The molecule has 2 amide bonds. The Morgan fingerprint density at radius 2 is 1.85 bits per heavy atom. The molecule has 5 nitrogen and oxygen atoms in total. The van der Waals surface area contributed by atoms with E-state index in [1.807, 2.05) is 60.4 Å². The third kappa shape index (κ3) is 4.43. The summed E-state index contributed by atoms with van der Waals surface area (Å²) < 4.78 is 5.86. The van der Waals surface area contributed by atoms with E-state index in [0.29, 0.717) is 18.7 Å². The van der Waals surface area contributed by atoms with Crippen molar-refractivity contribution >= 4 is 17.5 Å². The summed E-state index contributed by atoms with van der Waals surface area (Å²) in [5, 5.41) is 3.09. The van der Waals surface area contributed by atoms with Crippen LogP contribution in [0.4, 0.5) is 5.69 Å². The van der Waals surface area contributed by atoms with E-state index in [2.05, 4.69) is 29.6 Å². The van der Waals surface area contributed by atoms with Gasteiger partial charge in [-0.25, -0.2) is 0 Å². The summed E-state index contributed by atoms with van der Waals surface area (Å²) in [5.41, 5.74) is 5.21. The second kappa shape index (κ2) is 9.72. The number of amides is 2. The van der Waals surface area contributed by atoms with Crippen molar-refractivity contribution in [1.82, 2.24) is 4.90 Å². The molecule has 0 saturated heterocycles. The van der Waals surface area contributed by atoms with E-state index in [1.54, 1.807) is 0 Å². The Bertz CT molecular complexity index is 1190. The number of anilines is 1. The largest absolute Gasteiger partial charge is 0.483 e. The van der Waals surface area contributed by atoms with Gasteiger partial charge in [-0.2, -0.15) is 0 Å². The molecular weight excluding hydrogens is 424 g/mol. The molecule has 1 heterocycles. The summed E-state index contributed by atoms with van der Waals surface area (Å²) >= 11 is 0. The maximum absolute atomic E-state index is 13.1. The number of rotatable bonds is 5. The van der Waals surface area contributed by atoms with Crippen molar-refractivity contribution in [2.75, 3.05) is 11.9 Å². The number of carbonyl (C=O) groups is 2. The van der Waals surface area contributed by atoms with Crippen LogP contribution in [0.1, 0.15) is 60.4 Å². The van der Waals surface area contributed by atoms with Gasteiger partial charge in [0.1, 0.15) is 5.75 Å². The SMILES string of the molecule is CCC(C(=O)Nc1ccc2c(c1)CN(C1CCCc3ccccc31)C(=O)CO2)c1ccccc1. The first-order chi connectivity index (χ1) is 16.6. The molecule has 0 bridgehead atoms. The number of fused-ring (bicyclic) bond motifs is 2. The molecule has 0 aromatic heterocycles. The van der Waals surface area contributed by atoms with Gasteiger partial charge < -0.3 is 15.0 Å². The van der Waals surface area contributed by atoms with E-state index in [-0.39, 0.29) is 30.4 Å². The van der Waals surface area contributed by atoms with Crippen molar-refractivity contribution in [3.05, 3.63) is 95.1 Å². The zero-order valence-electron chi connectivity index (χ0n) is 19.5. The molecule has 0 radical (unpaired) electrons. The first-order valence-corrected chi connectivity index (χ1v) is 12.1. The number of benzene rings is 3. The van der Waals surface area contributed by atoms with Gasteiger partial charge in [0.2, 0.25) is 5.91 Å². The summed E-state index contributed by atoms with van der Waals surface area (Å²) in [6, 6.07) is 24.0. The van der Waals surface area contributed by atoms with E-state index in [1.165, 1.54) is 11.1 Å². The van der Waals surface area contributed by atoms with Crippen LogP contribution in [0, 0.1) is 0 Å². The van der Waals surface area contributed by atoms with Crippen molar-refractivity contribution in [3.8, 4) is 5.75 Å². The minimum atomic E-state index is -0.215. The van der Waals surface area contributed by atoms with Crippen LogP contribution in [-0.2, 0) is 22.6 Å². The van der Waals surface area contributed by atoms with Gasteiger partial charge in [-0.05, 0) is 60.6 Å². The Labute approximate surface area is 200 Å². The average Bonchev–Trinajstić information content (AvgIpc) is 3.03. The lowest BCUT2D eigenvalue weighted by Crippen LogP contribution is -2.37. The lowest BCUT2D eigenvalue weighted by molar-refractivity contribution is -0.136. The summed E-state index contributed by atoms with van der Waals surface area (Å²) in [7, 11) is 0. The molecule has 0 spiro atoms. The van der Waals surface area contributed by atoms with Crippen molar-refractivity contribution < 1.29 is 14.3 Å². The van der Waals surface area contributed by atoms with Crippen LogP contribution in [0.5, 0.6) is 5.75 Å². The van der Waals surface area contributed by atoms with Crippen LogP contribution in [0.15, 0.2) is 72.8 Å². The Morgan fingerprint density at radius 3 is 2.68 bits per heavy atom. The zero-order valence-corrected chi connectivity index (χ0v) is 19.5. The Morgan fingerprint density at radius 1 is 1.06 bits per heavy atom. The molecule has 5 rings (SSSR count). The third-order valence-corrected chi connectivity index (χ3v) is 6.98. The number of hydrogen-bond donors (Lipinski definition) is 1. The van der Waals surface area contributed by atoms with Gasteiger partial charge in [0.05, 0.1) is 18.5 Å². The molecule has 0 fully saturated rings. The summed E-state index contributed by atoms with van der Waals surface area (Å²) in [6.07, 6.45) is 3.78. The van der Waals surface area contributed by atoms with Gasteiger partial charge in [0, 0.05) is 11.3 Å². The summed E-state index contributed by atoms with van der Waals surface area (Å²) in [5.74, 6) is 0.456. The Balaban J connectivity index is 1.39. The number of aryl methyl sites for hydroxylation is 1. The maximum atomic E-state index is 13.1. The highest BCUT2D eigenvalue weighted by atomic mass is 16.5. The average molecular weight is 455 g/mol. The molecule has 34 heavy (non-hydrogen) atoms. The minimum absolute atomic E-state index is 0.00128. The quantitative estimate of drug-likeness (QED) is 0.545. The van der Waals surface area contributed by atoms with Gasteiger partial charge in [-0.1, -0.05) is 61.5 Å². The van der Waals surface area contributed by atoms with Gasteiger partial charge >= 0.3 is 0 Å². The zero-order chi connectivity index (χ0) is 23.5.